The van der Waals surface area contributed by atoms with Crippen LogP contribution in [0.4, 0.5) is 5.82 Å². The Morgan fingerprint density at radius 1 is 1.31 bits per heavy atom. The first-order valence-electron chi connectivity index (χ1n) is 4.95. The van der Waals surface area contributed by atoms with Crippen molar-refractivity contribution >= 4 is 5.82 Å². The van der Waals surface area contributed by atoms with Crippen molar-refractivity contribution in [3.63, 3.8) is 0 Å². The van der Waals surface area contributed by atoms with Crippen molar-refractivity contribution in [2.75, 3.05) is 31.1 Å². The number of aryl methyl sites for hydroxylation is 1. The summed E-state index contributed by atoms with van der Waals surface area (Å²) in [4.78, 5) is 2.44. The van der Waals surface area contributed by atoms with Gasteiger partial charge < -0.3 is 14.8 Å². The highest BCUT2D eigenvalue weighted by atomic mass is 15.2. The van der Waals surface area contributed by atoms with Gasteiger partial charge in [0.2, 0.25) is 0 Å². The second-order valence-corrected chi connectivity index (χ2v) is 3.57. The lowest BCUT2D eigenvalue weighted by Crippen LogP contribution is -2.29. The van der Waals surface area contributed by atoms with Crippen LogP contribution >= 0.6 is 0 Å². The van der Waals surface area contributed by atoms with Gasteiger partial charge in [0.25, 0.3) is 0 Å². The summed E-state index contributed by atoms with van der Waals surface area (Å²) in [6.45, 7) is 4.55. The first-order chi connectivity index (χ1) is 6.38. The molecule has 0 amide bonds. The molecule has 3 heteroatoms. The van der Waals surface area contributed by atoms with Gasteiger partial charge in [-0.3, -0.25) is 0 Å². The Bertz CT molecular complexity index is 259. The molecule has 1 fully saturated rings. The van der Waals surface area contributed by atoms with Crippen LogP contribution in [-0.2, 0) is 7.05 Å². The highest BCUT2D eigenvalue weighted by Gasteiger charge is 2.10. The van der Waals surface area contributed by atoms with Crippen LogP contribution in [0.2, 0.25) is 0 Å². The number of anilines is 1. The largest absolute Gasteiger partial charge is 0.357 e. The highest BCUT2D eigenvalue weighted by molar-refractivity contribution is 5.40. The quantitative estimate of drug-likeness (QED) is 0.689. The first kappa shape index (κ1) is 8.63. The van der Waals surface area contributed by atoms with E-state index in [4.69, 9.17) is 0 Å². The Morgan fingerprint density at radius 2 is 2.23 bits per heavy atom. The summed E-state index contributed by atoms with van der Waals surface area (Å²) in [7, 11) is 2.10. The second kappa shape index (κ2) is 3.83. The second-order valence-electron chi connectivity index (χ2n) is 3.57. The number of hydrogen-bond acceptors (Lipinski definition) is 2. The van der Waals surface area contributed by atoms with Gasteiger partial charge in [0.1, 0.15) is 5.82 Å². The smallest absolute Gasteiger partial charge is 0.108 e. The van der Waals surface area contributed by atoms with Crippen molar-refractivity contribution in [1.29, 1.82) is 0 Å². The molecular weight excluding hydrogens is 162 g/mol. The van der Waals surface area contributed by atoms with E-state index in [1.165, 1.54) is 18.8 Å². The Morgan fingerprint density at radius 3 is 3.00 bits per heavy atom. The highest BCUT2D eigenvalue weighted by Crippen LogP contribution is 2.14. The monoisotopic (exact) mass is 179 g/mol. The molecule has 0 saturated carbocycles. The number of nitrogens with one attached hydrogen (secondary N) is 1. The standard InChI is InChI=1S/C10H17N3/c1-12-7-2-4-10(12)13-8-3-5-11-6-9-13/h2,4,7,11H,3,5-6,8-9H2,1H3. The van der Waals surface area contributed by atoms with Gasteiger partial charge in [-0.05, 0) is 25.1 Å². The third kappa shape index (κ3) is 1.86. The maximum Gasteiger partial charge on any atom is 0.108 e. The van der Waals surface area contributed by atoms with Crippen LogP contribution in [0.25, 0.3) is 0 Å². The van der Waals surface area contributed by atoms with E-state index in [1.807, 2.05) is 0 Å². The minimum absolute atomic E-state index is 1.10. The molecule has 0 spiro atoms. The van der Waals surface area contributed by atoms with E-state index < -0.39 is 0 Å². The molecule has 0 bridgehead atoms. The Balaban J connectivity index is 2.10. The van der Waals surface area contributed by atoms with Gasteiger partial charge >= 0.3 is 0 Å². The van der Waals surface area contributed by atoms with Gasteiger partial charge in [-0.25, -0.2) is 0 Å². The molecule has 0 atom stereocenters. The maximum atomic E-state index is 3.41. The minimum atomic E-state index is 1.10. The summed E-state index contributed by atoms with van der Waals surface area (Å²) in [6.07, 6.45) is 3.35. The normalized spacial score (nSPS) is 18.7. The molecule has 1 N–H and O–H groups in total. The Kier molecular flexibility index (Phi) is 2.54. The van der Waals surface area contributed by atoms with E-state index in [0.717, 1.165) is 19.6 Å². The van der Waals surface area contributed by atoms with Crippen LogP contribution in [0.15, 0.2) is 18.3 Å². The fourth-order valence-corrected chi connectivity index (χ4v) is 1.86. The molecule has 0 radical (unpaired) electrons. The molecule has 1 aromatic heterocycles. The lowest BCUT2D eigenvalue weighted by atomic mass is 10.4. The van der Waals surface area contributed by atoms with Crippen molar-refractivity contribution in [2.24, 2.45) is 7.05 Å². The Hall–Kier alpha value is -0.960. The molecule has 13 heavy (non-hydrogen) atoms. The molecular formula is C10H17N3. The van der Waals surface area contributed by atoms with E-state index >= 15 is 0 Å². The van der Waals surface area contributed by atoms with Crippen LogP contribution in [0, 0.1) is 0 Å². The van der Waals surface area contributed by atoms with Gasteiger partial charge in [0.05, 0.1) is 0 Å². The average Bonchev–Trinajstić information content (AvgIpc) is 2.43. The number of aromatic nitrogens is 1. The zero-order valence-corrected chi connectivity index (χ0v) is 8.16. The number of rotatable bonds is 1. The molecule has 2 rings (SSSR count). The van der Waals surface area contributed by atoms with Gasteiger partial charge in [0.15, 0.2) is 0 Å². The predicted molar refractivity (Wildman–Crippen MR) is 55.1 cm³/mol. The molecule has 1 aromatic rings. The van der Waals surface area contributed by atoms with Gasteiger partial charge in [0, 0.05) is 32.9 Å². The minimum Gasteiger partial charge on any atom is -0.357 e. The van der Waals surface area contributed by atoms with Crippen molar-refractivity contribution in [3.05, 3.63) is 18.3 Å². The van der Waals surface area contributed by atoms with Crippen molar-refractivity contribution in [1.82, 2.24) is 9.88 Å². The van der Waals surface area contributed by atoms with E-state index in [0.29, 0.717) is 0 Å². The third-order valence-electron chi connectivity index (χ3n) is 2.58. The fraction of sp³-hybridized carbons (Fsp3) is 0.600. The molecule has 72 valence electrons. The third-order valence-corrected chi connectivity index (χ3v) is 2.58. The zero-order chi connectivity index (χ0) is 9.10. The fourth-order valence-electron chi connectivity index (χ4n) is 1.86. The maximum absolute atomic E-state index is 3.41. The number of nitrogens with zero attached hydrogens (tertiary/aromatic N) is 2. The summed E-state index contributed by atoms with van der Waals surface area (Å²) in [5, 5.41) is 3.41. The summed E-state index contributed by atoms with van der Waals surface area (Å²) in [6, 6.07) is 4.29. The lowest BCUT2D eigenvalue weighted by Gasteiger charge is -2.22. The molecule has 3 nitrogen and oxygen atoms in total. The molecule has 0 unspecified atom stereocenters. The molecule has 1 aliphatic rings. The molecule has 1 aliphatic heterocycles. The zero-order valence-electron chi connectivity index (χ0n) is 8.16. The summed E-state index contributed by atoms with van der Waals surface area (Å²) < 4.78 is 2.19. The topological polar surface area (TPSA) is 20.2 Å². The van der Waals surface area contributed by atoms with E-state index in [2.05, 4.69) is 40.2 Å². The van der Waals surface area contributed by atoms with Crippen LogP contribution in [0.1, 0.15) is 6.42 Å². The van der Waals surface area contributed by atoms with Crippen LogP contribution in [-0.4, -0.2) is 30.7 Å². The van der Waals surface area contributed by atoms with E-state index in [1.54, 1.807) is 0 Å². The number of hydrogen-bond donors (Lipinski definition) is 1. The van der Waals surface area contributed by atoms with Crippen LogP contribution < -0.4 is 10.2 Å². The summed E-state index contributed by atoms with van der Waals surface area (Å²) in [5.41, 5.74) is 0. The van der Waals surface area contributed by atoms with Crippen molar-refractivity contribution < 1.29 is 0 Å². The van der Waals surface area contributed by atoms with E-state index in [9.17, 15) is 0 Å². The van der Waals surface area contributed by atoms with Crippen molar-refractivity contribution in [3.8, 4) is 0 Å². The van der Waals surface area contributed by atoms with Gasteiger partial charge in [-0.15, -0.1) is 0 Å². The first-order valence-corrected chi connectivity index (χ1v) is 4.95. The Labute approximate surface area is 79.3 Å². The van der Waals surface area contributed by atoms with Gasteiger partial charge in [-0.1, -0.05) is 0 Å². The molecule has 1 saturated heterocycles. The molecule has 0 aliphatic carbocycles. The van der Waals surface area contributed by atoms with E-state index in [-0.39, 0.29) is 0 Å². The summed E-state index contributed by atoms with van der Waals surface area (Å²) >= 11 is 0. The lowest BCUT2D eigenvalue weighted by molar-refractivity contribution is 0.724. The van der Waals surface area contributed by atoms with Gasteiger partial charge in [-0.2, -0.15) is 0 Å². The molecule has 0 aromatic carbocycles. The SMILES string of the molecule is Cn1cccc1N1CCCNCC1. The average molecular weight is 179 g/mol. The predicted octanol–water partition coefficient (Wildman–Crippen LogP) is 0.825. The summed E-state index contributed by atoms with van der Waals surface area (Å²) in [5.74, 6) is 1.34. The molecule has 2 heterocycles. The van der Waals surface area contributed by atoms with Crippen LogP contribution in [0.5, 0.6) is 0 Å². The van der Waals surface area contributed by atoms with Crippen LogP contribution in [0.3, 0.4) is 0 Å². The van der Waals surface area contributed by atoms with Crippen molar-refractivity contribution in [2.45, 2.75) is 6.42 Å².